The number of methoxy groups -OCH3 is 1. The molecule has 4 heteroatoms. The van der Waals surface area contributed by atoms with Crippen LogP contribution in [0.15, 0.2) is 0 Å². The Morgan fingerprint density at radius 1 is 1.80 bits per heavy atom. The third-order valence-corrected chi connectivity index (χ3v) is 1.29. The highest BCUT2D eigenvalue weighted by Crippen LogP contribution is 1.92. The van der Waals surface area contributed by atoms with Crippen LogP contribution in [0.1, 0.15) is 13.3 Å². The van der Waals surface area contributed by atoms with Gasteiger partial charge in [0.25, 0.3) is 0 Å². The molecule has 0 aliphatic carbocycles. The van der Waals surface area contributed by atoms with Gasteiger partial charge in [-0.15, -0.1) is 0 Å². The molecule has 0 aromatic heterocycles. The highest BCUT2D eigenvalue weighted by atomic mass is 16.5. The van der Waals surface area contributed by atoms with Crippen molar-refractivity contribution in [2.45, 2.75) is 19.4 Å². The van der Waals surface area contributed by atoms with Crippen LogP contribution >= 0.6 is 0 Å². The summed E-state index contributed by atoms with van der Waals surface area (Å²) in [6.07, 6.45) is 0.948. The van der Waals surface area contributed by atoms with Crippen molar-refractivity contribution in [1.82, 2.24) is 5.32 Å². The molecule has 4 nitrogen and oxygen atoms in total. The van der Waals surface area contributed by atoms with Gasteiger partial charge in [0.1, 0.15) is 0 Å². The van der Waals surface area contributed by atoms with Gasteiger partial charge in [0.05, 0.1) is 6.10 Å². The second-order valence-corrected chi connectivity index (χ2v) is 2.01. The first-order valence-corrected chi connectivity index (χ1v) is 3.26. The number of hydrogen-bond donors (Lipinski definition) is 2. The van der Waals surface area contributed by atoms with E-state index in [0.717, 1.165) is 6.42 Å². The Labute approximate surface area is 60.7 Å². The molecule has 0 heterocycles. The maximum atomic E-state index is 10.2. The zero-order valence-electron chi connectivity index (χ0n) is 6.39. The fourth-order valence-electron chi connectivity index (χ4n) is 0.609. The molecule has 0 aromatic carbocycles. The van der Waals surface area contributed by atoms with Gasteiger partial charge < -0.3 is 15.8 Å². The van der Waals surface area contributed by atoms with Gasteiger partial charge in [-0.2, -0.15) is 0 Å². The summed E-state index contributed by atoms with van der Waals surface area (Å²) in [4.78, 5) is 10.2. The van der Waals surface area contributed by atoms with Gasteiger partial charge in [0.15, 0.2) is 0 Å². The molecule has 10 heavy (non-hydrogen) atoms. The largest absolute Gasteiger partial charge is 0.380 e. The van der Waals surface area contributed by atoms with Crippen molar-refractivity contribution in [1.29, 1.82) is 0 Å². The highest BCUT2D eigenvalue weighted by molar-refractivity contribution is 5.71. The molecular weight excluding hydrogens is 132 g/mol. The molecular formula is C6H14N2O2. The van der Waals surface area contributed by atoms with E-state index < -0.39 is 6.03 Å². The molecule has 0 saturated heterocycles. The molecule has 0 saturated carbocycles. The summed E-state index contributed by atoms with van der Waals surface area (Å²) < 4.78 is 4.98. The first-order chi connectivity index (χ1) is 4.70. The number of primary amides is 1. The van der Waals surface area contributed by atoms with E-state index in [0.29, 0.717) is 6.54 Å². The molecule has 2 amide bonds. The SMILES string of the molecule is CCC(CNC(N)=O)OC. The number of urea groups is 1. The van der Waals surface area contributed by atoms with Crippen LogP contribution in [0.25, 0.3) is 0 Å². The van der Waals surface area contributed by atoms with Gasteiger partial charge >= 0.3 is 6.03 Å². The van der Waals surface area contributed by atoms with E-state index in [4.69, 9.17) is 10.5 Å². The fraction of sp³-hybridized carbons (Fsp3) is 0.833. The second kappa shape index (κ2) is 5.05. The summed E-state index contributed by atoms with van der Waals surface area (Å²) in [7, 11) is 1.61. The first kappa shape index (κ1) is 9.23. The Hall–Kier alpha value is -0.770. The summed E-state index contributed by atoms with van der Waals surface area (Å²) in [5.41, 5.74) is 4.84. The van der Waals surface area contributed by atoms with Crippen molar-refractivity contribution in [3.63, 3.8) is 0 Å². The van der Waals surface area contributed by atoms with Gasteiger partial charge in [-0.05, 0) is 6.42 Å². The van der Waals surface area contributed by atoms with Crippen molar-refractivity contribution < 1.29 is 9.53 Å². The Balaban J connectivity index is 3.34. The molecule has 0 aromatic rings. The van der Waals surface area contributed by atoms with Gasteiger partial charge in [-0.3, -0.25) is 0 Å². The predicted octanol–water partition coefficient (Wildman–Crippen LogP) is 0.0797. The van der Waals surface area contributed by atoms with Crippen molar-refractivity contribution in [3.05, 3.63) is 0 Å². The molecule has 0 bridgehead atoms. The Bertz CT molecular complexity index is 102. The van der Waals surface area contributed by atoms with Crippen molar-refractivity contribution in [2.24, 2.45) is 5.73 Å². The third-order valence-electron chi connectivity index (χ3n) is 1.29. The first-order valence-electron chi connectivity index (χ1n) is 3.26. The van der Waals surface area contributed by atoms with E-state index in [2.05, 4.69) is 5.32 Å². The summed E-state index contributed by atoms with van der Waals surface area (Å²) in [6, 6.07) is -0.504. The van der Waals surface area contributed by atoms with Crippen LogP contribution in [0.5, 0.6) is 0 Å². The number of amides is 2. The molecule has 0 aliphatic heterocycles. The Morgan fingerprint density at radius 3 is 2.70 bits per heavy atom. The minimum atomic E-state index is -0.504. The molecule has 1 unspecified atom stereocenters. The van der Waals surface area contributed by atoms with Crippen LogP contribution in [0.3, 0.4) is 0 Å². The van der Waals surface area contributed by atoms with E-state index in [9.17, 15) is 4.79 Å². The number of nitrogens with one attached hydrogen (secondary N) is 1. The van der Waals surface area contributed by atoms with E-state index in [-0.39, 0.29) is 6.10 Å². The van der Waals surface area contributed by atoms with Crippen LogP contribution in [0.4, 0.5) is 4.79 Å². The summed E-state index contributed by atoms with van der Waals surface area (Å²) in [5, 5.41) is 2.46. The van der Waals surface area contributed by atoms with Crippen molar-refractivity contribution in [2.75, 3.05) is 13.7 Å². The standard InChI is InChI=1S/C6H14N2O2/c1-3-5(10-2)4-8-6(7)9/h5H,3-4H2,1-2H3,(H3,7,8,9). The number of carbonyl (C=O) groups excluding carboxylic acids is 1. The quantitative estimate of drug-likeness (QED) is 0.590. The lowest BCUT2D eigenvalue weighted by atomic mass is 10.3. The van der Waals surface area contributed by atoms with Crippen LogP contribution in [0, 0.1) is 0 Å². The maximum Gasteiger partial charge on any atom is 0.312 e. The average Bonchev–Trinajstić information content (AvgIpc) is 1.90. The van der Waals surface area contributed by atoms with Crippen LogP contribution in [-0.4, -0.2) is 25.8 Å². The summed E-state index contributed by atoms with van der Waals surface area (Å²) in [5.74, 6) is 0. The fourth-order valence-corrected chi connectivity index (χ4v) is 0.609. The van der Waals surface area contributed by atoms with Gasteiger partial charge in [-0.1, -0.05) is 6.92 Å². The zero-order valence-corrected chi connectivity index (χ0v) is 6.39. The van der Waals surface area contributed by atoms with E-state index >= 15 is 0 Å². The predicted molar refractivity (Wildman–Crippen MR) is 38.7 cm³/mol. The highest BCUT2D eigenvalue weighted by Gasteiger charge is 2.03. The molecule has 0 rings (SSSR count). The van der Waals surface area contributed by atoms with Gasteiger partial charge in [0.2, 0.25) is 0 Å². The van der Waals surface area contributed by atoms with Crippen LogP contribution in [-0.2, 0) is 4.74 Å². The minimum Gasteiger partial charge on any atom is -0.380 e. The normalized spacial score (nSPS) is 12.6. The summed E-state index contributed by atoms with van der Waals surface area (Å²) in [6.45, 7) is 2.47. The lowest BCUT2D eigenvalue weighted by Gasteiger charge is -2.11. The molecule has 0 aliphatic rings. The molecule has 0 fully saturated rings. The Morgan fingerprint density at radius 2 is 2.40 bits per heavy atom. The van der Waals surface area contributed by atoms with E-state index in [1.165, 1.54) is 0 Å². The number of ether oxygens (including phenoxy) is 1. The molecule has 60 valence electrons. The second-order valence-electron chi connectivity index (χ2n) is 2.01. The zero-order chi connectivity index (χ0) is 7.98. The van der Waals surface area contributed by atoms with Crippen molar-refractivity contribution >= 4 is 6.03 Å². The molecule has 0 spiro atoms. The monoisotopic (exact) mass is 146 g/mol. The number of carbonyl (C=O) groups is 1. The average molecular weight is 146 g/mol. The Kier molecular flexibility index (Phi) is 4.66. The smallest absolute Gasteiger partial charge is 0.312 e. The number of rotatable bonds is 4. The van der Waals surface area contributed by atoms with Crippen molar-refractivity contribution in [3.8, 4) is 0 Å². The number of nitrogens with two attached hydrogens (primary N) is 1. The van der Waals surface area contributed by atoms with E-state index in [1.807, 2.05) is 6.92 Å². The van der Waals surface area contributed by atoms with Gasteiger partial charge in [-0.25, -0.2) is 4.79 Å². The third kappa shape index (κ3) is 4.14. The van der Waals surface area contributed by atoms with Crippen LogP contribution in [0.2, 0.25) is 0 Å². The lowest BCUT2D eigenvalue weighted by molar-refractivity contribution is 0.101. The molecule has 0 radical (unpaired) electrons. The molecule has 3 N–H and O–H groups in total. The minimum absolute atomic E-state index is 0.0764. The molecule has 1 atom stereocenters. The lowest BCUT2D eigenvalue weighted by Crippen LogP contribution is -2.36. The maximum absolute atomic E-state index is 10.2. The van der Waals surface area contributed by atoms with E-state index in [1.54, 1.807) is 7.11 Å². The topological polar surface area (TPSA) is 64.3 Å². The van der Waals surface area contributed by atoms with Gasteiger partial charge in [0, 0.05) is 13.7 Å². The number of hydrogen-bond acceptors (Lipinski definition) is 2. The summed E-state index contributed by atoms with van der Waals surface area (Å²) >= 11 is 0. The van der Waals surface area contributed by atoms with Crippen LogP contribution < -0.4 is 11.1 Å².